The minimum absolute atomic E-state index is 0.110. The van der Waals surface area contributed by atoms with E-state index in [9.17, 15) is 4.79 Å². The van der Waals surface area contributed by atoms with Crippen LogP contribution in [0.4, 0.5) is 0 Å². The van der Waals surface area contributed by atoms with Gasteiger partial charge in [-0.05, 0) is 29.2 Å². The van der Waals surface area contributed by atoms with Crippen molar-refractivity contribution in [1.29, 1.82) is 0 Å². The van der Waals surface area contributed by atoms with Crippen molar-refractivity contribution < 1.29 is 9.53 Å². The van der Waals surface area contributed by atoms with Gasteiger partial charge in [0.25, 0.3) is 0 Å². The van der Waals surface area contributed by atoms with Crippen molar-refractivity contribution in [3.8, 4) is 11.1 Å². The standard InChI is InChI=1S/C16H13O2/c1-11(18-10-17)16-14-8-4-2-6-12(14)13-7-3-5-9-15(13)16/h2-9,11,16H,1H3. The van der Waals surface area contributed by atoms with Crippen LogP contribution in [-0.4, -0.2) is 12.6 Å². The highest BCUT2D eigenvalue weighted by Gasteiger charge is 2.32. The van der Waals surface area contributed by atoms with Crippen LogP contribution in [-0.2, 0) is 9.53 Å². The lowest BCUT2D eigenvalue weighted by Crippen LogP contribution is -2.17. The van der Waals surface area contributed by atoms with Crippen molar-refractivity contribution in [3.05, 3.63) is 59.7 Å². The molecule has 2 nitrogen and oxygen atoms in total. The molecule has 0 heterocycles. The molecule has 1 radical (unpaired) electrons. The quantitative estimate of drug-likeness (QED) is 0.819. The predicted octanol–water partition coefficient (Wildman–Crippen LogP) is 3.27. The van der Waals surface area contributed by atoms with Crippen molar-refractivity contribution in [2.24, 2.45) is 0 Å². The normalized spacial score (nSPS) is 14.7. The van der Waals surface area contributed by atoms with Gasteiger partial charge in [0.05, 0.1) is 0 Å². The Morgan fingerprint density at radius 3 is 2.00 bits per heavy atom. The monoisotopic (exact) mass is 237 g/mol. The maximum Gasteiger partial charge on any atom is 0.417 e. The second kappa shape index (κ2) is 4.30. The van der Waals surface area contributed by atoms with E-state index in [1.165, 1.54) is 22.3 Å². The number of hydrogen-bond donors (Lipinski definition) is 0. The van der Waals surface area contributed by atoms with E-state index in [2.05, 4.69) is 24.3 Å². The lowest BCUT2D eigenvalue weighted by molar-refractivity contribution is 0.179. The molecule has 0 fully saturated rings. The first-order valence-corrected chi connectivity index (χ1v) is 6.04. The summed E-state index contributed by atoms with van der Waals surface area (Å²) in [4.78, 5) is 10.4. The molecule has 89 valence electrons. The van der Waals surface area contributed by atoms with Crippen LogP contribution in [0.1, 0.15) is 24.0 Å². The third kappa shape index (κ3) is 1.53. The minimum Gasteiger partial charge on any atom is -0.453 e. The van der Waals surface area contributed by atoms with E-state index >= 15 is 0 Å². The van der Waals surface area contributed by atoms with Crippen LogP contribution in [0.15, 0.2) is 48.5 Å². The van der Waals surface area contributed by atoms with Crippen LogP contribution < -0.4 is 0 Å². The van der Waals surface area contributed by atoms with E-state index in [1.54, 1.807) is 6.47 Å². The smallest absolute Gasteiger partial charge is 0.417 e. The van der Waals surface area contributed by atoms with Crippen LogP contribution in [0.2, 0.25) is 0 Å². The van der Waals surface area contributed by atoms with E-state index in [4.69, 9.17) is 4.74 Å². The Hall–Kier alpha value is -2.09. The highest BCUT2D eigenvalue weighted by Crippen LogP contribution is 2.46. The first kappa shape index (κ1) is 11.0. The molecule has 0 N–H and O–H groups in total. The summed E-state index contributed by atoms with van der Waals surface area (Å²) in [5.41, 5.74) is 4.92. The van der Waals surface area contributed by atoms with Gasteiger partial charge in [-0.3, -0.25) is 0 Å². The van der Waals surface area contributed by atoms with Gasteiger partial charge in [0.1, 0.15) is 6.10 Å². The highest BCUT2D eigenvalue weighted by molar-refractivity contribution is 5.79. The molecule has 2 aromatic carbocycles. The summed E-state index contributed by atoms with van der Waals surface area (Å²) < 4.78 is 5.03. The van der Waals surface area contributed by atoms with Crippen LogP contribution in [0.5, 0.6) is 0 Å². The summed E-state index contributed by atoms with van der Waals surface area (Å²) in [6, 6.07) is 16.6. The number of rotatable bonds is 3. The second-order valence-electron chi connectivity index (χ2n) is 4.56. The molecule has 2 heteroatoms. The molecule has 0 aromatic heterocycles. The first-order chi connectivity index (χ1) is 8.83. The van der Waals surface area contributed by atoms with Crippen LogP contribution in [0, 0.1) is 0 Å². The second-order valence-corrected chi connectivity index (χ2v) is 4.56. The summed E-state index contributed by atoms with van der Waals surface area (Å²) in [7, 11) is 0. The van der Waals surface area contributed by atoms with Crippen molar-refractivity contribution >= 4 is 6.47 Å². The molecule has 1 unspecified atom stereocenters. The van der Waals surface area contributed by atoms with Gasteiger partial charge in [0.15, 0.2) is 0 Å². The fourth-order valence-electron chi connectivity index (χ4n) is 2.84. The summed E-state index contributed by atoms with van der Waals surface area (Å²) in [5.74, 6) is 0.110. The van der Waals surface area contributed by atoms with Gasteiger partial charge in [-0.25, -0.2) is 4.79 Å². The Morgan fingerprint density at radius 1 is 1.00 bits per heavy atom. The Bertz CT molecular complexity index is 544. The maximum atomic E-state index is 10.4. The fourth-order valence-corrected chi connectivity index (χ4v) is 2.84. The molecule has 0 aliphatic heterocycles. The fraction of sp³-hybridized carbons (Fsp3) is 0.188. The zero-order chi connectivity index (χ0) is 12.5. The molecule has 3 rings (SSSR count). The van der Waals surface area contributed by atoms with Gasteiger partial charge in [-0.15, -0.1) is 0 Å². The molecule has 0 bridgehead atoms. The first-order valence-electron chi connectivity index (χ1n) is 6.04. The third-order valence-electron chi connectivity index (χ3n) is 3.59. The van der Waals surface area contributed by atoms with E-state index < -0.39 is 0 Å². The number of fused-ring (bicyclic) bond motifs is 3. The van der Waals surface area contributed by atoms with Gasteiger partial charge in [0.2, 0.25) is 0 Å². The number of carbonyl (C=O) groups excluding carboxylic acids is 1. The van der Waals surface area contributed by atoms with Crippen LogP contribution in [0.3, 0.4) is 0 Å². The third-order valence-corrected chi connectivity index (χ3v) is 3.59. The van der Waals surface area contributed by atoms with E-state index in [-0.39, 0.29) is 12.0 Å². The average Bonchev–Trinajstić information content (AvgIpc) is 2.73. The molecule has 2 aromatic rings. The lowest BCUT2D eigenvalue weighted by Gasteiger charge is -2.19. The Morgan fingerprint density at radius 2 is 1.50 bits per heavy atom. The predicted molar refractivity (Wildman–Crippen MR) is 70.0 cm³/mol. The van der Waals surface area contributed by atoms with Crippen molar-refractivity contribution in [2.45, 2.75) is 18.9 Å². The Balaban J connectivity index is 2.17. The van der Waals surface area contributed by atoms with Crippen molar-refractivity contribution in [1.82, 2.24) is 0 Å². The molecular formula is C16H13O2. The molecule has 0 saturated carbocycles. The summed E-state index contributed by atoms with van der Waals surface area (Å²) in [6.45, 7) is 3.47. The zero-order valence-electron chi connectivity index (χ0n) is 10.1. The van der Waals surface area contributed by atoms with Crippen LogP contribution in [0.25, 0.3) is 11.1 Å². The molecule has 0 spiro atoms. The number of hydrogen-bond acceptors (Lipinski definition) is 2. The minimum atomic E-state index is -0.202. The van der Waals surface area contributed by atoms with Gasteiger partial charge >= 0.3 is 6.47 Å². The topological polar surface area (TPSA) is 26.3 Å². The molecule has 0 saturated heterocycles. The molecule has 18 heavy (non-hydrogen) atoms. The van der Waals surface area contributed by atoms with E-state index in [0.29, 0.717) is 0 Å². The summed E-state index contributed by atoms with van der Waals surface area (Å²) >= 11 is 0. The Kier molecular flexibility index (Phi) is 2.63. The van der Waals surface area contributed by atoms with Crippen molar-refractivity contribution in [2.75, 3.05) is 0 Å². The molecule has 1 aliphatic carbocycles. The Labute approximate surface area is 106 Å². The summed E-state index contributed by atoms with van der Waals surface area (Å²) in [5, 5.41) is 0. The van der Waals surface area contributed by atoms with E-state index in [1.807, 2.05) is 31.2 Å². The van der Waals surface area contributed by atoms with Crippen molar-refractivity contribution in [3.63, 3.8) is 0 Å². The molecule has 0 amide bonds. The molecular weight excluding hydrogens is 224 g/mol. The molecule has 1 aliphatic rings. The number of ether oxygens (including phenoxy) is 1. The maximum absolute atomic E-state index is 10.4. The van der Waals surface area contributed by atoms with Gasteiger partial charge < -0.3 is 4.74 Å². The van der Waals surface area contributed by atoms with Gasteiger partial charge in [0, 0.05) is 5.92 Å². The van der Waals surface area contributed by atoms with Crippen LogP contribution >= 0.6 is 0 Å². The van der Waals surface area contributed by atoms with E-state index in [0.717, 1.165) is 0 Å². The van der Waals surface area contributed by atoms with Gasteiger partial charge in [-0.1, -0.05) is 48.5 Å². The lowest BCUT2D eigenvalue weighted by atomic mass is 9.92. The molecule has 1 atom stereocenters. The zero-order valence-corrected chi connectivity index (χ0v) is 10.1. The highest BCUT2D eigenvalue weighted by atomic mass is 16.5. The largest absolute Gasteiger partial charge is 0.453 e. The van der Waals surface area contributed by atoms with Gasteiger partial charge in [-0.2, -0.15) is 0 Å². The number of benzene rings is 2. The SMILES string of the molecule is CC(O[C]=O)C1c2ccccc2-c2ccccc21. The summed E-state index contributed by atoms with van der Waals surface area (Å²) in [6.07, 6.45) is -0.202. The average molecular weight is 237 g/mol.